The molecule has 3 rings (SSSR count). The van der Waals surface area contributed by atoms with Crippen LogP contribution >= 0.6 is 33.6 Å². The van der Waals surface area contributed by atoms with Gasteiger partial charge >= 0.3 is 0 Å². The summed E-state index contributed by atoms with van der Waals surface area (Å²) >= 11 is 7.43. The summed E-state index contributed by atoms with van der Waals surface area (Å²) < 4.78 is 23.1. The molecule has 1 saturated heterocycles. The molecule has 1 aromatic heterocycles. The van der Waals surface area contributed by atoms with E-state index in [-0.39, 0.29) is 24.0 Å². The van der Waals surface area contributed by atoms with Crippen molar-refractivity contribution in [3.63, 3.8) is 0 Å². The summed E-state index contributed by atoms with van der Waals surface area (Å²) in [4.78, 5) is 17.9. The summed E-state index contributed by atoms with van der Waals surface area (Å²) in [6.45, 7) is 0.308. The number of nitrogens with zero attached hydrogens (tertiary/aromatic N) is 2. The van der Waals surface area contributed by atoms with Crippen LogP contribution in [0.25, 0.3) is 10.2 Å². The predicted molar refractivity (Wildman–Crippen MR) is 84.7 cm³/mol. The summed E-state index contributed by atoms with van der Waals surface area (Å²) in [5.74, 6) is -0.652. The van der Waals surface area contributed by atoms with E-state index in [9.17, 15) is 13.2 Å². The van der Waals surface area contributed by atoms with Crippen LogP contribution in [0.4, 0.5) is 5.13 Å². The number of halogens is 2. The normalized spacial score (nSPS) is 19.6. The second kappa shape index (κ2) is 5.39. The van der Waals surface area contributed by atoms with E-state index >= 15 is 0 Å². The van der Waals surface area contributed by atoms with Gasteiger partial charge in [-0.1, -0.05) is 29.0 Å². The first kappa shape index (κ1) is 15.0. The Morgan fingerprint density at radius 2 is 2.19 bits per heavy atom. The lowest BCUT2D eigenvalue weighted by Gasteiger charge is -2.12. The van der Waals surface area contributed by atoms with Gasteiger partial charge in [0, 0.05) is 29.6 Å². The van der Waals surface area contributed by atoms with Crippen molar-refractivity contribution >= 4 is 63.9 Å². The van der Waals surface area contributed by atoms with Crippen molar-refractivity contribution < 1.29 is 13.2 Å². The molecule has 0 saturated carbocycles. The fraction of sp³-hybridized carbons (Fsp3) is 0.333. The summed E-state index contributed by atoms with van der Waals surface area (Å²) in [6, 6.07) is 5.44. The highest BCUT2D eigenvalue weighted by Crippen LogP contribution is 2.35. The fourth-order valence-electron chi connectivity index (χ4n) is 2.38. The Kier molecular flexibility index (Phi) is 3.85. The molecule has 5 nitrogen and oxygen atoms in total. The maximum Gasteiger partial charge on any atom is 0.232 e. The van der Waals surface area contributed by atoms with Crippen LogP contribution in [-0.4, -0.2) is 31.6 Å². The van der Waals surface area contributed by atoms with Gasteiger partial charge in [0.15, 0.2) is 5.13 Å². The second-order valence-corrected chi connectivity index (χ2v) is 9.10. The third-order valence-corrected chi connectivity index (χ3v) is 5.83. The summed E-state index contributed by atoms with van der Waals surface area (Å²) in [6.07, 6.45) is 0.162. The summed E-state index contributed by atoms with van der Waals surface area (Å²) in [5, 5.41) is 1.07. The molecule has 0 bridgehead atoms. The maximum atomic E-state index is 12.1. The number of aromatic nitrogens is 1. The molecule has 1 aromatic carbocycles. The Morgan fingerprint density at radius 3 is 2.86 bits per heavy atom. The first-order valence-corrected chi connectivity index (χ1v) is 9.78. The molecule has 9 heteroatoms. The first-order chi connectivity index (χ1) is 9.83. The predicted octanol–water partition coefficient (Wildman–Crippen LogP) is 2.87. The molecule has 1 atom stereocenters. The van der Waals surface area contributed by atoms with Crippen LogP contribution < -0.4 is 4.90 Å². The molecule has 112 valence electrons. The van der Waals surface area contributed by atoms with Gasteiger partial charge in [-0.2, -0.15) is 0 Å². The average molecular weight is 365 g/mol. The zero-order valence-corrected chi connectivity index (χ0v) is 13.8. The van der Waals surface area contributed by atoms with Gasteiger partial charge in [-0.25, -0.2) is 13.4 Å². The van der Waals surface area contributed by atoms with E-state index in [1.165, 1.54) is 16.2 Å². The molecule has 0 radical (unpaired) electrons. The van der Waals surface area contributed by atoms with Crippen molar-refractivity contribution in [3.8, 4) is 0 Å². The molecule has 2 aromatic rings. The maximum absolute atomic E-state index is 12.1. The molecular formula is C12H10Cl2N2O3S2. The van der Waals surface area contributed by atoms with Crippen molar-refractivity contribution in [2.45, 2.75) is 6.42 Å². The minimum atomic E-state index is -3.61. The van der Waals surface area contributed by atoms with Crippen molar-refractivity contribution in [2.24, 2.45) is 5.92 Å². The molecule has 1 aliphatic heterocycles. The highest BCUT2D eigenvalue weighted by atomic mass is 35.7. The van der Waals surface area contributed by atoms with E-state index < -0.39 is 9.05 Å². The number of benzene rings is 1. The number of hydrogen-bond acceptors (Lipinski definition) is 5. The van der Waals surface area contributed by atoms with Crippen LogP contribution in [0.15, 0.2) is 18.2 Å². The smallest absolute Gasteiger partial charge is 0.232 e. The molecule has 21 heavy (non-hydrogen) atoms. The van der Waals surface area contributed by atoms with Crippen LogP contribution in [-0.2, 0) is 13.8 Å². The zero-order valence-electron chi connectivity index (χ0n) is 10.6. The largest absolute Gasteiger partial charge is 0.288 e. The standard InChI is InChI=1S/C12H10Cl2N2O3S2/c13-8-2-1-3-9-11(8)15-12(20-9)16-5-7(4-10(16)17)6-21(14,18)19/h1-3,7H,4-6H2. The molecular weight excluding hydrogens is 355 g/mol. The van der Waals surface area contributed by atoms with Crippen molar-refractivity contribution in [3.05, 3.63) is 23.2 Å². The van der Waals surface area contributed by atoms with Gasteiger partial charge in [0.2, 0.25) is 15.0 Å². The monoisotopic (exact) mass is 364 g/mol. The van der Waals surface area contributed by atoms with Gasteiger partial charge in [-0.15, -0.1) is 0 Å². The Morgan fingerprint density at radius 1 is 1.43 bits per heavy atom. The third-order valence-electron chi connectivity index (χ3n) is 3.23. The lowest BCUT2D eigenvalue weighted by Crippen LogP contribution is -2.25. The van der Waals surface area contributed by atoms with Gasteiger partial charge in [-0.05, 0) is 12.1 Å². The van der Waals surface area contributed by atoms with E-state index in [0.29, 0.717) is 22.2 Å². The van der Waals surface area contributed by atoms with Crippen LogP contribution in [0.3, 0.4) is 0 Å². The van der Waals surface area contributed by atoms with Crippen molar-refractivity contribution in [1.82, 2.24) is 4.98 Å². The van der Waals surface area contributed by atoms with Gasteiger partial charge in [0.25, 0.3) is 0 Å². The quantitative estimate of drug-likeness (QED) is 0.785. The Labute approximate surface area is 134 Å². The van der Waals surface area contributed by atoms with Gasteiger partial charge < -0.3 is 0 Å². The van der Waals surface area contributed by atoms with Gasteiger partial charge in [-0.3, -0.25) is 9.69 Å². The molecule has 1 aliphatic rings. The highest BCUT2D eigenvalue weighted by Gasteiger charge is 2.34. The lowest BCUT2D eigenvalue weighted by molar-refractivity contribution is -0.117. The Bertz CT molecular complexity index is 819. The van der Waals surface area contributed by atoms with Crippen LogP contribution in [0, 0.1) is 5.92 Å². The van der Waals surface area contributed by atoms with E-state index in [1.807, 2.05) is 12.1 Å². The van der Waals surface area contributed by atoms with Crippen LogP contribution in [0.1, 0.15) is 6.42 Å². The lowest BCUT2D eigenvalue weighted by atomic mass is 10.1. The van der Waals surface area contributed by atoms with Crippen molar-refractivity contribution in [2.75, 3.05) is 17.2 Å². The number of carbonyl (C=O) groups is 1. The first-order valence-electron chi connectivity index (χ1n) is 6.11. The topological polar surface area (TPSA) is 67.3 Å². The molecule has 1 unspecified atom stereocenters. The number of para-hydroxylation sites is 1. The van der Waals surface area contributed by atoms with Crippen LogP contribution in [0.5, 0.6) is 0 Å². The summed E-state index contributed by atoms with van der Waals surface area (Å²) in [5.41, 5.74) is 0.653. The third kappa shape index (κ3) is 3.15. The number of carbonyl (C=O) groups excluding carboxylic acids is 1. The van der Waals surface area contributed by atoms with E-state index in [4.69, 9.17) is 22.3 Å². The number of thiazole rings is 1. The Hall–Kier alpha value is -0.890. The van der Waals surface area contributed by atoms with Crippen molar-refractivity contribution in [1.29, 1.82) is 0 Å². The average Bonchev–Trinajstić information content (AvgIpc) is 2.91. The van der Waals surface area contributed by atoms with E-state index in [1.54, 1.807) is 6.07 Å². The summed E-state index contributed by atoms with van der Waals surface area (Å²) in [7, 11) is 1.64. The molecule has 0 spiro atoms. The minimum absolute atomic E-state index is 0.143. The number of hydrogen-bond donors (Lipinski definition) is 0. The minimum Gasteiger partial charge on any atom is -0.288 e. The number of rotatable bonds is 3. The van der Waals surface area contributed by atoms with E-state index in [0.717, 1.165) is 4.70 Å². The molecule has 1 amide bonds. The highest BCUT2D eigenvalue weighted by molar-refractivity contribution is 8.13. The van der Waals surface area contributed by atoms with Crippen LogP contribution in [0.2, 0.25) is 5.02 Å². The molecule has 0 aliphatic carbocycles. The molecule has 0 N–H and O–H groups in total. The second-order valence-electron chi connectivity index (χ2n) is 4.86. The number of fused-ring (bicyclic) bond motifs is 1. The number of amides is 1. The van der Waals surface area contributed by atoms with E-state index in [2.05, 4.69) is 4.98 Å². The van der Waals surface area contributed by atoms with Gasteiger partial charge in [0.1, 0.15) is 5.52 Å². The SMILES string of the molecule is O=C1CC(CS(=O)(=O)Cl)CN1c1nc2c(Cl)cccc2s1. The number of anilines is 1. The van der Waals surface area contributed by atoms with Gasteiger partial charge in [0.05, 0.1) is 15.5 Å². The Balaban J connectivity index is 1.89. The zero-order chi connectivity index (χ0) is 15.2. The molecule has 2 heterocycles. The fourth-order valence-corrected chi connectivity index (χ4v) is 4.99. The molecule has 1 fully saturated rings.